The van der Waals surface area contributed by atoms with Crippen molar-refractivity contribution in [3.05, 3.63) is 76.8 Å². The van der Waals surface area contributed by atoms with E-state index in [0.717, 1.165) is 16.1 Å². The molecule has 30 heavy (non-hydrogen) atoms. The molecule has 2 aromatic carbocycles. The highest BCUT2D eigenvalue weighted by Crippen LogP contribution is 2.41. The van der Waals surface area contributed by atoms with E-state index < -0.39 is 5.79 Å². The normalized spacial score (nSPS) is 20.4. The number of thioether (sulfide) groups is 1. The average Bonchev–Trinajstić information content (AvgIpc) is 3.32. The standard InChI is InChI=1S/C20H19Cl2N3O2S.2ClH/c21-14-5-6-16(17(22)9-14)20(12-25-8-7-24-13-25)26-10-15(27-20)11-28-19-4-2-1-3-18(19)23;;/h1-9,13,15H,10-12,23H2;2*1H/t15-,20+;;/m0../s1. The number of ether oxygens (including phenoxy) is 2. The van der Waals surface area contributed by atoms with Gasteiger partial charge in [0.15, 0.2) is 0 Å². The molecule has 1 aromatic heterocycles. The Bertz CT molecular complexity index is 961. The van der Waals surface area contributed by atoms with E-state index in [4.69, 9.17) is 38.4 Å². The second kappa shape index (κ2) is 11.0. The fourth-order valence-electron chi connectivity index (χ4n) is 3.17. The van der Waals surface area contributed by atoms with E-state index in [-0.39, 0.29) is 30.9 Å². The van der Waals surface area contributed by atoms with E-state index in [9.17, 15) is 0 Å². The molecule has 10 heteroatoms. The van der Waals surface area contributed by atoms with Gasteiger partial charge in [-0.05, 0) is 24.3 Å². The van der Waals surface area contributed by atoms with Gasteiger partial charge in [-0.2, -0.15) is 0 Å². The van der Waals surface area contributed by atoms with E-state index in [1.54, 1.807) is 36.4 Å². The van der Waals surface area contributed by atoms with Crippen LogP contribution in [-0.2, 0) is 21.8 Å². The van der Waals surface area contributed by atoms with Gasteiger partial charge in [0.2, 0.25) is 5.79 Å². The van der Waals surface area contributed by atoms with Crippen LogP contribution in [0.5, 0.6) is 0 Å². The monoisotopic (exact) mass is 507 g/mol. The number of rotatable bonds is 6. The minimum atomic E-state index is -1.00. The first-order valence-electron chi connectivity index (χ1n) is 8.76. The molecule has 2 N–H and O–H groups in total. The minimum absolute atomic E-state index is 0. The van der Waals surface area contributed by atoms with Gasteiger partial charge in [-0.25, -0.2) is 4.98 Å². The fourth-order valence-corrected chi connectivity index (χ4v) is 4.66. The molecule has 162 valence electrons. The number of imidazole rings is 1. The van der Waals surface area contributed by atoms with Gasteiger partial charge in [-0.15, -0.1) is 36.6 Å². The van der Waals surface area contributed by atoms with Crippen LogP contribution < -0.4 is 5.73 Å². The number of hydrogen-bond acceptors (Lipinski definition) is 5. The topological polar surface area (TPSA) is 62.3 Å². The Morgan fingerprint density at radius 1 is 1.20 bits per heavy atom. The van der Waals surface area contributed by atoms with Crippen LogP contribution in [0.1, 0.15) is 5.56 Å². The third-order valence-electron chi connectivity index (χ3n) is 4.49. The molecule has 1 aliphatic rings. The predicted octanol–water partition coefficient (Wildman–Crippen LogP) is 5.68. The zero-order chi connectivity index (χ0) is 19.6. The smallest absolute Gasteiger partial charge is 0.215 e. The Hall–Kier alpha value is -1.12. The van der Waals surface area contributed by atoms with Crippen LogP contribution >= 0.6 is 59.8 Å². The van der Waals surface area contributed by atoms with Gasteiger partial charge >= 0.3 is 0 Å². The second-order valence-corrected chi connectivity index (χ2v) is 8.42. The van der Waals surface area contributed by atoms with Crippen molar-refractivity contribution in [1.82, 2.24) is 9.55 Å². The summed E-state index contributed by atoms with van der Waals surface area (Å²) in [5, 5.41) is 1.07. The molecule has 0 amide bonds. The number of nitrogens with two attached hydrogens (primary N) is 1. The largest absolute Gasteiger partial charge is 0.398 e. The van der Waals surface area contributed by atoms with Crippen molar-refractivity contribution in [2.75, 3.05) is 18.1 Å². The number of aromatic nitrogens is 2. The summed E-state index contributed by atoms with van der Waals surface area (Å²) in [4.78, 5) is 5.14. The summed E-state index contributed by atoms with van der Waals surface area (Å²) in [7, 11) is 0. The van der Waals surface area contributed by atoms with Gasteiger partial charge in [-0.1, -0.05) is 41.4 Å². The number of nitrogen functional groups attached to an aromatic ring is 1. The van der Waals surface area contributed by atoms with Crippen molar-refractivity contribution in [2.45, 2.75) is 23.3 Å². The highest BCUT2D eigenvalue weighted by molar-refractivity contribution is 7.99. The molecule has 5 nitrogen and oxygen atoms in total. The molecule has 0 radical (unpaired) electrons. The number of nitrogens with zero attached hydrogens (tertiary/aromatic N) is 2. The number of hydrogen-bond donors (Lipinski definition) is 1. The van der Waals surface area contributed by atoms with Gasteiger partial charge in [0.25, 0.3) is 0 Å². The average molecular weight is 509 g/mol. The first kappa shape index (κ1) is 25.1. The molecule has 4 rings (SSSR count). The zero-order valence-corrected chi connectivity index (χ0v) is 19.7. The lowest BCUT2D eigenvalue weighted by atomic mass is 10.1. The molecule has 3 aromatic rings. The maximum Gasteiger partial charge on any atom is 0.215 e. The van der Waals surface area contributed by atoms with Crippen LogP contribution in [0.3, 0.4) is 0 Å². The van der Waals surface area contributed by atoms with Crippen molar-refractivity contribution in [2.24, 2.45) is 0 Å². The maximum absolute atomic E-state index is 6.49. The number of para-hydroxylation sites is 1. The quantitative estimate of drug-likeness (QED) is 0.343. The van der Waals surface area contributed by atoms with Gasteiger partial charge in [0.05, 0.1) is 30.6 Å². The Morgan fingerprint density at radius 2 is 2.00 bits per heavy atom. The summed E-state index contributed by atoms with van der Waals surface area (Å²) in [6.07, 6.45) is 5.20. The second-order valence-electron chi connectivity index (χ2n) is 6.51. The SMILES string of the molecule is Cl.Cl.Nc1ccccc1SC[C@@H]1CO[C@@](Cn2ccnc2)(c2ccc(Cl)cc2Cl)O1. The van der Waals surface area contributed by atoms with Crippen molar-refractivity contribution in [1.29, 1.82) is 0 Å². The van der Waals surface area contributed by atoms with Gasteiger partial charge in [-0.3, -0.25) is 0 Å². The summed E-state index contributed by atoms with van der Waals surface area (Å²) in [5.74, 6) is -0.291. The van der Waals surface area contributed by atoms with Crippen LogP contribution in [0.4, 0.5) is 5.69 Å². The highest BCUT2D eigenvalue weighted by atomic mass is 35.5. The lowest BCUT2D eigenvalue weighted by Crippen LogP contribution is -2.34. The molecular weight excluding hydrogens is 488 g/mol. The number of benzene rings is 2. The molecule has 0 bridgehead atoms. The minimum Gasteiger partial charge on any atom is -0.398 e. The molecule has 0 unspecified atom stereocenters. The first-order valence-corrected chi connectivity index (χ1v) is 10.5. The lowest BCUT2D eigenvalue weighted by molar-refractivity contribution is -0.184. The third-order valence-corrected chi connectivity index (χ3v) is 6.26. The van der Waals surface area contributed by atoms with Crippen molar-refractivity contribution >= 4 is 65.5 Å². The van der Waals surface area contributed by atoms with Crippen molar-refractivity contribution in [3.63, 3.8) is 0 Å². The summed E-state index contributed by atoms with van der Waals surface area (Å²) in [6, 6.07) is 13.1. The third kappa shape index (κ3) is 5.56. The predicted molar refractivity (Wildman–Crippen MR) is 127 cm³/mol. The molecule has 1 aliphatic heterocycles. The summed E-state index contributed by atoms with van der Waals surface area (Å²) < 4.78 is 14.6. The van der Waals surface area contributed by atoms with E-state index in [1.165, 1.54) is 0 Å². The zero-order valence-electron chi connectivity index (χ0n) is 15.7. The fraction of sp³-hybridized carbons (Fsp3) is 0.250. The first-order chi connectivity index (χ1) is 13.6. The highest BCUT2D eigenvalue weighted by Gasteiger charge is 2.45. The van der Waals surface area contributed by atoms with Crippen molar-refractivity contribution in [3.8, 4) is 0 Å². The van der Waals surface area contributed by atoms with Gasteiger partial charge in [0.1, 0.15) is 0 Å². The maximum atomic E-state index is 6.49. The van der Waals surface area contributed by atoms with Crippen molar-refractivity contribution < 1.29 is 9.47 Å². The van der Waals surface area contributed by atoms with E-state index >= 15 is 0 Å². The molecule has 0 spiro atoms. The summed E-state index contributed by atoms with van der Waals surface area (Å²) in [5.41, 5.74) is 7.55. The molecule has 0 saturated carbocycles. The molecular formula is C20H21Cl4N3O2S. The molecule has 2 atom stereocenters. The Morgan fingerprint density at radius 3 is 2.70 bits per heavy atom. The van der Waals surface area contributed by atoms with Crippen LogP contribution in [0.25, 0.3) is 0 Å². The molecule has 2 heterocycles. The van der Waals surface area contributed by atoms with Gasteiger partial charge in [0, 0.05) is 39.3 Å². The van der Waals surface area contributed by atoms with Crippen LogP contribution in [-0.4, -0.2) is 28.0 Å². The van der Waals surface area contributed by atoms with Gasteiger partial charge < -0.3 is 19.8 Å². The summed E-state index contributed by atoms with van der Waals surface area (Å²) >= 11 is 14.2. The lowest BCUT2D eigenvalue weighted by Gasteiger charge is -2.30. The van der Waals surface area contributed by atoms with Crippen LogP contribution in [0, 0.1) is 0 Å². The van der Waals surface area contributed by atoms with Crippen LogP contribution in [0.15, 0.2) is 66.1 Å². The van der Waals surface area contributed by atoms with Crippen LogP contribution in [0.2, 0.25) is 10.0 Å². The molecule has 0 aliphatic carbocycles. The molecule has 1 fully saturated rings. The Kier molecular flexibility index (Phi) is 9.18. The van der Waals surface area contributed by atoms with E-state index in [0.29, 0.717) is 28.9 Å². The molecule has 1 saturated heterocycles. The Balaban J connectivity index is 0.00000160. The van der Waals surface area contributed by atoms with E-state index in [1.807, 2.05) is 41.1 Å². The van der Waals surface area contributed by atoms with E-state index in [2.05, 4.69) is 4.98 Å². The summed E-state index contributed by atoms with van der Waals surface area (Å²) in [6.45, 7) is 0.885. The number of anilines is 1. The Labute approximate surface area is 202 Å². The number of halogens is 4.